The van der Waals surface area contributed by atoms with E-state index in [-0.39, 0.29) is 23.5 Å². The lowest BCUT2D eigenvalue weighted by molar-refractivity contribution is -0.138. The van der Waals surface area contributed by atoms with Crippen LogP contribution < -0.4 is 10.4 Å². The largest absolute Gasteiger partial charge is 0.447 e. The predicted molar refractivity (Wildman–Crippen MR) is 270 cm³/mol. The Balaban J connectivity index is 1.55. The third-order valence-electron chi connectivity index (χ3n) is 14.3. The van der Waals surface area contributed by atoms with Gasteiger partial charge in [0.05, 0.1) is 24.2 Å². The van der Waals surface area contributed by atoms with Crippen molar-refractivity contribution in [3.05, 3.63) is 96.6 Å². The number of hydrogen-bond donors (Lipinski definition) is 1. The average molecular weight is 928 g/mol. The van der Waals surface area contributed by atoms with Crippen LogP contribution in [0.3, 0.4) is 0 Å². The number of unbranched alkanes of at least 4 members (excludes halogenated alkanes) is 2. The van der Waals surface area contributed by atoms with E-state index in [4.69, 9.17) is 18.0 Å². The third kappa shape index (κ3) is 13.2. The number of ether oxygens (including phenoxy) is 1. The summed E-state index contributed by atoms with van der Waals surface area (Å²) >= 11 is 0. The van der Waals surface area contributed by atoms with E-state index >= 15 is 0 Å². The van der Waals surface area contributed by atoms with Gasteiger partial charge in [-0.05, 0) is 76.5 Å². The van der Waals surface area contributed by atoms with Crippen molar-refractivity contribution in [1.29, 1.82) is 0 Å². The van der Waals surface area contributed by atoms with Crippen LogP contribution in [-0.4, -0.2) is 84.5 Å². The van der Waals surface area contributed by atoms with Crippen LogP contribution in [0.15, 0.2) is 91.0 Å². The number of carbonyl (C=O) groups excluding carboxylic acids is 2. The van der Waals surface area contributed by atoms with E-state index in [9.17, 15) is 14.7 Å². The van der Waals surface area contributed by atoms with Crippen molar-refractivity contribution in [2.45, 2.75) is 174 Å². The monoisotopic (exact) mass is 928 g/mol. The summed E-state index contributed by atoms with van der Waals surface area (Å²) in [5, 5.41) is 14.1. The topological polar surface area (TPSA) is 94.5 Å². The van der Waals surface area contributed by atoms with E-state index in [1.165, 1.54) is 15.3 Å². The van der Waals surface area contributed by atoms with E-state index < -0.39 is 61.3 Å². The molecule has 0 unspecified atom stereocenters. The maximum absolute atomic E-state index is 14.7. The van der Waals surface area contributed by atoms with Crippen molar-refractivity contribution in [2.24, 2.45) is 11.8 Å². The van der Waals surface area contributed by atoms with Crippen molar-refractivity contribution >= 4 is 47.3 Å². The Hall–Kier alpha value is -3.35. The number of imide groups is 1. The van der Waals surface area contributed by atoms with Crippen molar-refractivity contribution in [2.75, 3.05) is 13.2 Å². The summed E-state index contributed by atoms with van der Waals surface area (Å²) in [6, 6.07) is 36.5. The molecule has 1 saturated heterocycles. The molecule has 2 amide bonds. The fourth-order valence-corrected chi connectivity index (χ4v) is 20.3. The first kappa shape index (κ1) is 53.3. The zero-order chi connectivity index (χ0) is 47.0. The van der Waals surface area contributed by atoms with Gasteiger partial charge >= 0.3 is 6.09 Å². The van der Waals surface area contributed by atoms with Gasteiger partial charge in [0, 0.05) is 25.4 Å². The lowest BCUT2D eigenvalue weighted by Crippen LogP contribution is -2.66. The molecule has 1 fully saturated rings. The second kappa shape index (κ2) is 25.0. The minimum absolute atomic E-state index is 0.0869. The van der Waals surface area contributed by atoms with Crippen LogP contribution in [0.1, 0.15) is 107 Å². The summed E-state index contributed by atoms with van der Waals surface area (Å²) in [6.45, 7) is 24.9. The minimum atomic E-state index is -2.61. The first-order chi connectivity index (χ1) is 30.6. The van der Waals surface area contributed by atoms with Crippen LogP contribution in [0.2, 0.25) is 41.3 Å². The van der Waals surface area contributed by atoms with Crippen molar-refractivity contribution < 1.29 is 32.7 Å². The van der Waals surface area contributed by atoms with E-state index in [1.54, 1.807) is 0 Å². The summed E-state index contributed by atoms with van der Waals surface area (Å²) in [4.78, 5) is 29.4. The summed E-state index contributed by atoms with van der Waals surface area (Å²) in [5.41, 5.74) is 1.04. The molecule has 0 bridgehead atoms. The molecule has 1 heterocycles. The van der Waals surface area contributed by atoms with E-state index in [2.05, 4.69) is 142 Å². The Bertz CT molecular complexity index is 1850. The Morgan fingerprint density at radius 1 is 0.781 bits per heavy atom. The summed E-state index contributed by atoms with van der Waals surface area (Å²) in [5.74, 6) is 5.28. The van der Waals surface area contributed by atoms with Crippen LogP contribution in [0, 0.1) is 23.7 Å². The molecule has 352 valence electrons. The molecule has 3 aromatic carbocycles. The summed E-state index contributed by atoms with van der Waals surface area (Å²) in [6.07, 6.45) is 0.717. The van der Waals surface area contributed by atoms with E-state index in [0.717, 1.165) is 54.7 Å². The number of aliphatic hydroxyl groups excluding tert-OH is 1. The highest BCUT2D eigenvalue weighted by Crippen LogP contribution is 2.38. The highest BCUT2D eigenvalue weighted by molar-refractivity contribution is 6.99. The maximum Gasteiger partial charge on any atom is 0.416 e. The second-order valence-electron chi connectivity index (χ2n) is 19.0. The van der Waals surface area contributed by atoms with E-state index in [1.807, 2.05) is 37.3 Å². The summed E-state index contributed by atoms with van der Waals surface area (Å²) < 4.78 is 27.3. The fraction of sp³-hybridized carbons (Fsp3) is 0.585. The Labute approximate surface area is 390 Å². The SMILES string of the molecule is CC[Si](CC)(CC)O[C@H]([C@H](C)[C@@H](C[C@H](O)C#CCCCCO[Si](c1ccccc1)(c1ccccc1)C(C)(C)C)O[Si](CC)(CC)CC)[C@H](C)C(=O)N1C(=O)OC[C@@H]1Cc1ccccc1. The standard InChI is InChI=1S/C53H81NO7Si3/c1-12-62(13-2,14-3)60-49(40-46(55)33-25-18-19-30-38-59-64(53(9,10)11,47-34-26-21-27-35-47)48-36-28-22-29-37-48)42(7)50(61-63(15-4,16-5)17-6)43(8)51(56)54-45(41-58-52(54)57)39-44-31-23-20-24-32-44/h20-24,26-29,31-32,34-37,42-43,45-46,49-50,55H,12-19,30,38-41H2,1-11H3/t42-,43+,45+,46-,49-,50-/m1/s1. The normalized spacial score (nSPS) is 17.2. The van der Waals surface area contributed by atoms with Crippen molar-refractivity contribution in [1.82, 2.24) is 4.90 Å². The molecule has 0 radical (unpaired) electrons. The van der Waals surface area contributed by atoms with Gasteiger partial charge in [0.25, 0.3) is 8.32 Å². The van der Waals surface area contributed by atoms with Crippen molar-refractivity contribution in [3.63, 3.8) is 0 Å². The minimum Gasteiger partial charge on any atom is -0.447 e. The zero-order valence-corrected chi connectivity index (χ0v) is 44.2. The molecule has 64 heavy (non-hydrogen) atoms. The predicted octanol–water partition coefficient (Wildman–Crippen LogP) is 11.1. The Kier molecular flexibility index (Phi) is 20.8. The van der Waals surface area contributed by atoms with Gasteiger partial charge in [0.15, 0.2) is 16.6 Å². The first-order valence-electron chi connectivity index (χ1n) is 24.4. The lowest BCUT2D eigenvalue weighted by Gasteiger charge is -2.44. The molecule has 8 nitrogen and oxygen atoms in total. The highest BCUT2D eigenvalue weighted by atomic mass is 28.4. The zero-order valence-electron chi connectivity index (χ0n) is 41.2. The van der Waals surface area contributed by atoms with Gasteiger partial charge in [-0.3, -0.25) is 4.79 Å². The molecule has 0 aliphatic carbocycles. The molecule has 4 rings (SSSR count). The van der Waals surface area contributed by atoms with Gasteiger partial charge in [0.1, 0.15) is 12.7 Å². The van der Waals surface area contributed by atoms with Gasteiger partial charge in [0.2, 0.25) is 5.91 Å². The molecule has 0 spiro atoms. The van der Waals surface area contributed by atoms with Gasteiger partial charge in [-0.2, -0.15) is 0 Å². The highest BCUT2D eigenvalue weighted by Gasteiger charge is 2.50. The number of aliphatic hydroxyl groups is 1. The van der Waals surface area contributed by atoms with Gasteiger partial charge in [-0.25, -0.2) is 9.69 Å². The third-order valence-corrected chi connectivity index (χ3v) is 28.7. The quantitative estimate of drug-likeness (QED) is 0.0514. The van der Waals surface area contributed by atoms with Gasteiger partial charge in [-0.1, -0.05) is 173 Å². The number of rotatable bonds is 25. The smallest absolute Gasteiger partial charge is 0.416 e. The van der Waals surface area contributed by atoms with Crippen LogP contribution in [0.4, 0.5) is 4.79 Å². The fourth-order valence-electron chi connectivity index (χ4n) is 9.75. The van der Waals surface area contributed by atoms with Gasteiger partial charge in [-0.15, -0.1) is 5.92 Å². The van der Waals surface area contributed by atoms with Crippen LogP contribution in [0.25, 0.3) is 0 Å². The molecule has 3 aromatic rings. The average Bonchev–Trinajstić information content (AvgIpc) is 3.68. The molecule has 1 aliphatic rings. The van der Waals surface area contributed by atoms with Crippen LogP contribution in [0.5, 0.6) is 0 Å². The molecule has 0 aromatic heterocycles. The number of nitrogens with zero attached hydrogens (tertiary/aromatic N) is 1. The van der Waals surface area contributed by atoms with Gasteiger partial charge < -0.3 is 23.1 Å². The summed E-state index contributed by atoms with van der Waals surface area (Å²) in [7, 11) is -7.11. The molecule has 6 atom stereocenters. The number of hydrogen-bond acceptors (Lipinski definition) is 7. The Morgan fingerprint density at radius 2 is 1.28 bits per heavy atom. The molecule has 11 heteroatoms. The molecule has 0 saturated carbocycles. The maximum atomic E-state index is 14.7. The second-order valence-corrected chi connectivity index (χ2v) is 32.8. The number of cyclic esters (lactones) is 1. The van der Waals surface area contributed by atoms with Crippen LogP contribution in [-0.2, 0) is 29.2 Å². The molecular weight excluding hydrogens is 847 g/mol. The Morgan fingerprint density at radius 3 is 1.78 bits per heavy atom. The molecule has 1 N–H and O–H groups in total. The number of amides is 2. The number of benzene rings is 3. The lowest BCUT2D eigenvalue weighted by atomic mass is 9.86. The van der Waals surface area contributed by atoms with Crippen molar-refractivity contribution in [3.8, 4) is 11.8 Å². The number of carbonyl (C=O) groups is 2. The molecular formula is C53H81NO7Si3. The van der Waals surface area contributed by atoms with E-state index in [0.29, 0.717) is 25.9 Å². The first-order valence-corrected chi connectivity index (χ1v) is 31.4. The molecule has 1 aliphatic heterocycles. The van der Waals surface area contributed by atoms with Crippen LogP contribution >= 0.6 is 0 Å².